The maximum absolute atomic E-state index is 12.5. The number of carbonyl (C=O) groups excluding carboxylic acids is 1. The minimum atomic E-state index is 0.198. The lowest BCUT2D eigenvalue weighted by molar-refractivity contribution is -0.137. The molecule has 4 nitrogen and oxygen atoms in total. The zero-order chi connectivity index (χ0) is 13.8. The number of carbonyl (C=O) groups is 1. The lowest BCUT2D eigenvalue weighted by Crippen LogP contribution is -2.43. The highest BCUT2D eigenvalue weighted by Gasteiger charge is 2.32. The molecule has 4 heteroatoms. The van der Waals surface area contributed by atoms with Crippen LogP contribution in [0.5, 0.6) is 0 Å². The van der Waals surface area contributed by atoms with Gasteiger partial charge in [-0.3, -0.25) is 4.79 Å². The molecule has 1 saturated heterocycles. The molecule has 0 spiro atoms. The summed E-state index contributed by atoms with van der Waals surface area (Å²) in [5, 5.41) is 0. The Bertz CT molecular complexity index is 302. The Morgan fingerprint density at radius 2 is 2.00 bits per heavy atom. The van der Waals surface area contributed by atoms with Gasteiger partial charge in [0, 0.05) is 32.1 Å². The minimum absolute atomic E-state index is 0.198. The monoisotopic (exact) mass is 267 g/mol. The van der Waals surface area contributed by atoms with Gasteiger partial charge in [0.1, 0.15) is 0 Å². The first-order valence-corrected chi connectivity index (χ1v) is 7.81. The molecule has 0 radical (unpaired) electrons. The van der Waals surface area contributed by atoms with Gasteiger partial charge in [0.25, 0.3) is 0 Å². The molecule has 2 aliphatic rings. The summed E-state index contributed by atoms with van der Waals surface area (Å²) in [7, 11) is 1.96. The highest BCUT2D eigenvalue weighted by Crippen LogP contribution is 2.30. The Labute approximate surface area is 117 Å². The van der Waals surface area contributed by atoms with Crippen LogP contribution in [0.25, 0.3) is 0 Å². The number of rotatable bonds is 4. The van der Waals surface area contributed by atoms with Crippen LogP contribution in [0.1, 0.15) is 39.0 Å². The molecule has 0 aromatic heterocycles. The molecule has 1 amide bonds. The van der Waals surface area contributed by atoms with Crippen molar-refractivity contribution in [3.05, 3.63) is 0 Å². The summed E-state index contributed by atoms with van der Waals surface area (Å²) in [6.07, 6.45) is 5.59. The van der Waals surface area contributed by atoms with Crippen molar-refractivity contribution in [1.82, 2.24) is 9.80 Å². The summed E-state index contributed by atoms with van der Waals surface area (Å²) in [6.45, 7) is 6.49. The quantitative estimate of drug-likeness (QED) is 0.835. The second-order valence-corrected chi connectivity index (χ2v) is 6.47. The van der Waals surface area contributed by atoms with E-state index in [2.05, 4.69) is 11.8 Å². The average Bonchev–Trinajstić information content (AvgIpc) is 2.88. The van der Waals surface area contributed by atoms with Crippen molar-refractivity contribution in [1.29, 1.82) is 0 Å². The molecule has 1 heterocycles. The zero-order valence-electron chi connectivity index (χ0n) is 12.5. The molecule has 2 N–H and O–H groups in total. The molecule has 2 fully saturated rings. The predicted octanol–water partition coefficient (Wildman–Crippen LogP) is 1.30. The van der Waals surface area contributed by atoms with Gasteiger partial charge in [-0.25, -0.2) is 0 Å². The van der Waals surface area contributed by atoms with Crippen LogP contribution < -0.4 is 5.73 Å². The molecule has 1 aliphatic carbocycles. The van der Waals surface area contributed by atoms with E-state index in [0.717, 1.165) is 32.4 Å². The largest absolute Gasteiger partial charge is 0.344 e. The number of hydrogen-bond donors (Lipinski definition) is 1. The molecule has 1 saturated carbocycles. The Morgan fingerprint density at radius 1 is 1.32 bits per heavy atom. The van der Waals surface area contributed by atoms with Crippen molar-refractivity contribution < 1.29 is 4.79 Å². The highest BCUT2D eigenvalue weighted by molar-refractivity contribution is 5.79. The minimum Gasteiger partial charge on any atom is -0.344 e. The second-order valence-electron chi connectivity index (χ2n) is 6.47. The summed E-state index contributed by atoms with van der Waals surface area (Å²) in [5.74, 6) is 0.965. The van der Waals surface area contributed by atoms with E-state index in [0.29, 0.717) is 17.9 Å². The van der Waals surface area contributed by atoms with E-state index in [1.165, 1.54) is 25.9 Å². The lowest BCUT2D eigenvalue weighted by atomic mass is 9.77. The van der Waals surface area contributed by atoms with E-state index in [1.54, 1.807) is 0 Å². The Balaban J connectivity index is 1.77. The van der Waals surface area contributed by atoms with Gasteiger partial charge in [0.2, 0.25) is 5.91 Å². The molecule has 0 aromatic rings. The molecule has 110 valence electrons. The number of likely N-dealkylation sites (tertiary alicyclic amines) is 1. The van der Waals surface area contributed by atoms with Crippen molar-refractivity contribution >= 4 is 5.91 Å². The van der Waals surface area contributed by atoms with Crippen molar-refractivity contribution in [3.8, 4) is 0 Å². The van der Waals surface area contributed by atoms with Crippen LogP contribution in [0.3, 0.4) is 0 Å². The topological polar surface area (TPSA) is 49.6 Å². The van der Waals surface area contributed by atoms with Gasteiger partial charge in [-0.1, -0.05) is 6.92 Å². The molecule has 0 aromatic carbocycles. The number of amides is 1. The first-order chi connectivity index (χ1) is 9.08. The molecular weight excluding hydrogens is 238 g/mol. The molecule has 2 rings (SSSR count). The second kappa shape index (κ2) is 6.71. The fourth-order valence-corrected chi connectivity index (χ4v) is 3.50. The van der Waals surface area contributed by atoms with Gasteiger partial charge in [-0.2, -0.15) is 0 Å². The molecule has 3 atom stereocenters. The number of likely N-dealkylation sites (N-methyl/N-ethyl adjacent to an activating group) is 1. The molecule has 0 bridgehead atoms. The predicted molar refractivity (Wildman–Crippen MR) is 77.8 cm³/mol. The third kappa shape index (κ3) is 3.93. The van der Waals surface area contributed by atoms with Gasteiger partial charge in [-0.15, -0.1) is 0 Å². The summed E-state index contributed by atoms with van der Waals surface area (Å²) < 4.78 is 0. The van der Waals surface area contributed by atoms with E-state index in [-0.39, 0.29) is 5.92 Å². The Kier molecular flexibility index (Phi) is 5.22. The summed E-state index contributed by atoms with van der Waals surface area (Å²) in [6, 6.07) is 0.300. The van der Waals surface area contributed by atoms with Gasteiger partial charge >= 0.3 is 0 Å². The van der Waals surface area contributed by atoms with Crippen molar-refractivity contribution in [2.45, 2.75) is 45.1 Å². The fourth-order valence-electron chi connectivity index (χ4n) is 3.50. The summed E-state index contributed by atoms with van der Waals surface area (Å²) in [5.41, 5.74) is 5.97. The molecule has 1 aliphatic heterocycles. The van der Waals surface area contributed by atoms with Crippen molar-refractivity contribution in [2.24, 2.45) is 17.6 Å². The van der Waals surface area contributed by atoms with Crippen LogP contribution in [0.15, 0.2) is 0 Å². The maximum atomic E-state index is 12.5. The summed E-state index contributed by atoms with van der Waals surface area (Å²) in [4.78, 5) is 16.9. The molecule has 3 unspecified atom stereocenters. The van der Waals surface area contributed by atoms with Crippen LogP contribution in [-0.4, -0.2) is 55.0 Å². The van der Waals surface area contributed by atoms with E-state index in [1.807, 2.05) is 11.9 Å². The first kappa shape index (κ1) is 14.8. The van der Waals surface area contributed by atoms with E-state index in [9.17, 15) is 4.79 Å². The zero-order valence-corrected chi connectivity index (χ0v) is 12.5. The van der Waals surface area contributed by atoms with Crippen LogP contribution in [-0.2, 0) is 4.79 Å². The van der Waals surface area contributed by atoms with Crippen LogP contribution in [0, 0.1) is 11.8 Å². The van der Waals surface area contributed by atoms with Gasteiger partial charge in [0.15, 0.2) is 0 Å². The van der Waals surface area contributed by atoms with Crippen molar-refractivity contribution in [3.63, 3.8) is 0 Å². The van der Waals surface area contributed by atoms with Crippen LogP contribution in [0.4, 0.5) is 0 Å². The third-order valence-electron chi connectivity index (χ3n) is 4.85. The van der Waals surface area contributed by atoms with Gasteiger partial charge < -0.3 is 15.5 Å². The van der Waals surface area contributed by atoms with Crippen LogP contribution >= 0.6 is 0 Å². The number of hydrogen-bond acceptors (Lipinski definition) is 3. The Hall–Kier alpha value is -0.610. The fraction of sp³-hybridized carbons (Fsp3) is 0.933. The standard InChI is InChI=1S/C15H29N3O/c1-12-11-13(16)5-6-14(12)15(19)17(2)9-10-18-7-3-4-8-18/h12-14H,3-11,16H2,1-2H3. The van der Waals surface area contributed by atoms with Crippen molar-refractivity contribution in [2.75, 3.05) is 33.2 Å². The SMILES string of the molecule is CC1CC(N)CCC1C(=O)N(C)CCN1CCCC1. The normalized spacial score (nSPS) is 32.5. The van der Waals surface area contributed by atoms with Crippen LogP contribution in [0.2, 0.25) is 0 Å². The number of nitrogens with two attached hydrogens (primary N) is 1. The smallest absolute Gasteiger partial charge is 0.225 e. The van der Waals surface area contributed by atoms with E-state index >= 15 is 0 Å². The van der Waals surface area contributed by atoms with E-state index < -0.39 is 0 Å². The number of nitrogens with zero attached hydrogens (tertiary/aromatic N) is 2. The van der Waals surface area contributed by atoms with Gasteiger partial charge in [-0.05, 0) is 51.1 Å². The molecular formula is C15H29N3O. The molecule has 19 heavy (non-hydrogen) atoms. The summed E-state index contributed by atoms with van der Waals surface area (Å²) >= 11 is 0. The lowest BCUT2D eigenvalue weighted by Gasteiger charge is -2.34. The van der Waals surface area contributed by atoms with E-state index in [4.69, 9.17) is 5.73 Å². The average molecular weight is 267 g/mol. The van der Waals surface area contributed by atoms with Gasteiger partial charge in [0.05, 0.1) is 0 Å². The Morgan fingerprint density at radius 3 is 2.63 bits per heavy atom. The third-order valence-corrected chi connectivity index (χ3v) is 4.85. The maximum Gasteiger partial charge on any atom is 0.225 e. The first-order valence-electron chi connectivity index (χ1n) is 7.81. The highest BCUT2D eigenvalue weighted by atomic mass is 16.2.